The molecule has 0 unspecified atom stereocenters. The van der Waals surface area contributed by atoms with Crippen molar-refractivity contribution in [2.45, 2.75) is 44.4 Å². The van der Waals surface area contributed by atoms with Crippen molar-refractivity contribution in [3.63, 3.8) is 0 Å². The zero-order valence-electron chi connectivity index (χ0n) is 19.6. The standard InChI is InChI=1S/C25H22F2N8O/c1-24(2)14-6-8-25(24,18-7-9-29-23(31-18)35-12-30-20(34-35)11-19(28)36)22-13(14)10-17(32-33-22)21-15(26)4-3-5-16(21)27/h3-5,7,9-10,12,14H,6,8,11H2,1-2H3,(H2,28,36)/t14-,25+/m0/s1. The fraction of sp³-hybridized carbons (Fsp3) is 0.320. The van der Waals surface area contributed by atoms with Crippen LogP contribution in [0.2, 0.25) is 0 Å². The molecule has 1 amide bonds. The smallest absolute Gasteiger partial charge is 0.252 e. The number of halogens is 2. The molecule has 11 heteroatoms. The summed E-state index contributed by atoms with van der Waals surface area (Å²) >= 11 is 0. The molecule has 2 aliphatic rings. The highest BCUT2D eigenvalue weighted by molar-refractivity contribution is 5.75. The first-order chi connectivity index (χ1) is 17.2. The van der Waals surface area contributed by atoms with Gasteiger partial charge in [0.1, 0.15) is 18.0 Å². The van der Waals surface area contributed by atoms with E-state index >= 15 is 0 Å². The summed E-state index contributed by atoms with van der Waals surface area (Å²) in [5.74, 6) is -1.19. The van der Waals surface area contributed by atoms with Crippen LogP contribution in [-0.4, -0.2) is 40.8 Å². The van der Waals surface area contributed by atoms with Crippen LogP contribution in [0.1, 0.15) is 55.4 Å². The third kappa shape index (κ3) is 3.01. The summed E-state index contributed by atoms with van der Waals surface area (Å²) < 4.78 is 30.4. The molecule has 1 fully saturated rings. The Morgan fingerprint density at radius 1 is 1.17 bits per heavy atom. The maximum atomic E-state index is 14.5. The van der Waals surface area contributed by atoms with Crippen molar-refractivity contribution in [3.05, 3.63) is 77.3 Å². The largest absolute Gasteiger partial charge is 0.369 e. The van der Waals surface area contributed by atoms with Gasteiger partial charge in [-0.1, -0.05) is 19.9 Å². The summed E-state index contributed by atoms with van der Waals surface area (Å²) in [4.78, 5) is 24.5. The molecule has 0 saturated heterocycles. The Labute approximate surface area is 204 Å². The number of aromatic nitrogens is 7. The third-order valence-corrected chi connectivity index (χ3v) is 7.76. The van der Waals surface area contributed by atoms with E-state index in [1.165, 1.54) is 29.2 Å². The number of nitrogens with zero attached hydrogens (tertiary/aromatic N) is 7. The van der Waals surface area contributed by atoms with Crippen molar-refractivity contribution in [2.75, 3.05) is 0 Å². The van der Waals surface area contributed by atoms with Crippen LogP contribution in [0.4, 0.5) is 8.78 Å². The molecule has 0 spiro atoms. The molecular weight excluding hydrogens is 466 g/mol. The summed E-state index contributed by atoms with van der Waals surface area (Å²) in [7, 11) is 0. The number of primary amides is 1. The van der Waals surface area contributed by atoms with E-state index in [1.54, 1.807) is 12.3 Å². The van der Waals surface area contributed by atoms with Crippen molar-refractivity contribution in [2.24, 2.45) is 11.1 Å². The van der Waals surface area contributed by atoms with Gasteiger partial charge in [-0.15, -0.1) is 10.2 Å². The highest BCUT2D eigenvalue weighted by Crippen LogP contribution is 2.69. The van der Waals surface area contributed by atoms with Gasteiger partial charge >= 0.3 is 0 Å². The van der Waals surface area contributed by atoms with Crippen LogP contribution in [0.25, 0.3) is 17.2 Å². The third-order valence-electron chi connectivity index (χ3n) is 7.76. The van der Waals surface area contributed by atoms with E-state index in [1.807, 2.05) is 6.07 Å². The second-order valence-corrected chi connectivity index (χ2v) is 9.84. The summed E-state index contributed by atoms with van der Waals surface area (Å²) in [5, 5.41) is 13.1. The van der Waals surface area contributed by atoms with E-state index in [2.05, 4.69) is 39.1 Å². The van der Waals surface area contributed by atoms with Crippen LogP contribution in [0.3, 0.4) is 0 Å². The lowest BCUT2D eigenvalue weighted by Crippen LogP contribution is -2.38. The first-order valence-corrected chi connectivity index (χ1v) is 11.6. The zero-order chi connectivity index (χ0) is 25.2. The number of carbonyl (C=O) groups is 1. The minimum absolute atomic E-state index is 0.0841. The SMILES string of the molecule is CC1(C)[C@H]2CC[C@@]1(c1ccnc(-n3cnc(CC(N)=O)n3)n1)c1nnc(-c3c(F)cccc3F)cc12. The average Bonchev–Trinajstić information content (AvgIpc) is 3.46. The monoisotopic (exact) mass is 488 g/mol. The molecule has 2 bridgehead atoms. The molecule has 3 aromatic heterocycles. The Morgan fingerprint density at radius 2 is 1.94 bits per heavy atom. The molecule has 2 aliphatic carbocycles. The van der Waals surface area contributed by atoms with Gasteiger partial charge in [0, 0.05) is 6.20 Å². The Bertz CT molecular complexity index is 1510. The molecule has 2 atom stereocenters. The molecule has 3 heterocycles. The lowest BCUT2D eigenvalue weighted by molar-refractivity contribution is -0.117. The fourth-order valence-corrected chi connectivity index (χ4v) is 6.08. The Hall–Kier alpha value is -4.15. The summed E-state index contributed by atoms with van der Waals surface area (Å²) in [5.41, 5.74) is 6.84. The summed E-state index contributed by atoms with van der Waals surface area (Å²) in [6, 6.07) is 7.38. The van der Waals surface area contributed by atoms with Gasteiger partial charge < -0.3 is 5.73 Å². The van der Waals surface area contributed by atoms with Crippen LogP contribution < -0.4 is 5.73 Å². The van der Waals surface area contributed by atoms with Gasteiger partial charge in [-0.25, -0.2) is 23.7 Å². The minimum atomic E-state index is -0.676. The maximum Gasteiger partial charge on any atom is 0.252 e. The highest BCUT2D eigenvalue weighted by atomic mass is 19.1. The number of carbonyl (C=O) groups excluding carboxylic acids is 1. The van der Waals surface area contributed by atoms with Gasteiger partial charge in [-0.2, -0.15) is 9.78 Å². The van der Waals surface area contributed by atoms with E-state index in [-0.39, 0.29) is 34.8 Å². The van der Waals surface area contributed by atoms with Crippen LogP contribution >= 0.6 is 0 Å². The van der Waals surface area contributed by atoms with Crippen molar-refractivity contribution in [1.82, 2.24) is 34.9 Å². The zero-order valence-corrected chi connectivity index (χ0v) is 19.6. The number of hydrogen-bond acceptors (Lipinski definition) is 7. The predicted octanol–water partition coefficient (Wildman–Crippen LogP) is 3.02. The normalized spacial score (nSPS) is 21.5. The average molecular weight is 489 g/mol. The minimum Gasteiger partial charge on any atom is -0.369 e. The molecule has 1 aromatic carbocycles. The molecule has 0 radical (unpaired) electrons. The molecule has 6 rings (SSSR count). The van der Waals surface area contributed by atoms with Crippen molar-refractivity contribution in [1.29, 1.82) is 0 Å². The van der Waals surface area contributed by atoms with Gasteiger partial charge in [0.05, 0.1) is 34.5 Å². The molecular formula is C25H22F2N8O. The van der Waals surface area contributed by atoms with E-state index in [9.17, 15) is 13.6 Å². The highest BCUT2D eigenvalue weighted by Gasteiger charge is 2.65. The van der Waals surface area contributed by atoms with Gasteiger partial charge in [-0.3, -0.25) is 4.79 Å². The van der Waals surface area contributed by atoms with Crippen LogP contribution in [0.15, 0.2) is 42.9 Å². The van der Waals surface area contributed by atoms with Gasteiger partial charge in [-0.05, 0) is 54.0 Å². The number of nitrogens with two attached hydrogens (primary N) is 1. The topological polar surface area (TPSA) is 125 Å². The first-order valence-electron chi connectivity index (χ1n) is 11.6. The summed E-state index contributed by atoms with van der Waals surface area (Å²) in [6.45, 7) is 4.33. The van der Waals surface area contributed by atoms with E-state index in [4.69, 9.17) is 10.7 Å². The van der Waals surface area contributed by atoms with Gasteiger partial charge in [0.25, 0.3) is 5.95 Å². The molecule has 2 N–H and O–H groups in total. The lowest BCUT2D eigenvalue weighted by Gasteiger charge is -2.37. The maximum absolute atomic E-state index is 14.5. The Kier molecular flexibility index (Phi) is 4.76. The molecule has 36 heavy (non-hydrogen) atoms. The van der Waals surface area contributed by atoms with Crippen molar-refractivity contribution < 1.29 is 13.6 Å². The number of hydrogen-bond donors (Lipinski definition) is 1. The molecule has 182 valence electrons. The molecule has 1 saturated carbocycles. The van der Waals surface area contributed by atoms with E-state index < -0.39 is 23.0 Å². The molecule has 9 nitrogen and oxygen atoms in total. The van der Waals surface area contributed by atoms with Crippen LogP contribution in [0, 0.1) is 17.0 Å². The number of fused-ring (bicyclic) bond motifs is 5. The summed E-state index contributed by atoms with van der Waals surface area (Å²) in [6.07, 6.45) is 4.67. The first kappa shape index (κ1) is 22.3. The van der Waals surface area contributed by atoms with Gasteiger partial charge in [0.15, 0.2) is 5.82 Å². The second kappa shape index (κ2) is 7.67. The number of rotatable bonds is 5. The van der Waals surface area contributed by atoms with Gasteiger partial charge in [0.2, 0.25) is 5.91 Å². The van der Waals surface area contributed by atoms with Crippen molar-refractivity contribution >= 4 is 5.91 Å². The van der Waals surface area contributed by atoms with Crippen molar-refractivity contribution in [3.8, 4) is 17.2 Å². The van der Waals surface area contributed by atoms with Crippen LogP contribution in [-0.2, 0) is 16.6 Å². The quantitative estimate of drug-likeness (QED) is 0.458. The predicted molar refractivity (Wildman–Crippen MR) is 124 cm³/mol. The molecule has 4 aromatic rings. The number of benzene rings is 1. The Morgan fingerprint density at radius 3 is 2.69 bits per heavy atom. The lowest BCUT2D eigenvalue weighted by atomic mass is 9.66. The molecule has 0 aliphatic heterocycles. The van der Waals surface area contributed by atoms with E-state index in [0.29, 0.717) is 5.95 Å². The fourth-order valence-electron chi connectivity index (χ4n) is 6.08. The number of amides is 1. The van der Waals surface area contributed by atoms with Crippen LogP contribution in [0.5, 0.6) is 0 Å². The Balaban J connectivity index is 1.46. The van der Waals surface area contributed by atoms with E-state index in [0.717, 1.165) is 29.8 Å². The second-order valence-electron chi connectivity index (χ2n) is 9.84.